The van der Waals surface area contributed by atoms with Gasteiger partial charge in [0.2, 0.25) is 10.0 Å². The molecule has 0 aliphatic carbocycles. The number of hydrogen-bond acceptors (Lipinski definition) is 5. The predicted octanol–water partition coefficient (Wildman–Crippen LogP) is 1.91. The molecule has 0 saturated carbocycles. The molecule has 0 unspecified atom stereocenters. The van der Waals surface area contributed by atoms with Crippen LogP contribution in [0, 0.1) is 18.3 Å². The number of hydrogen-bond donors (Lipinski definition) is 0. The van der Waals surface area contributed by atoms with E-state index in [2.05, 4.69) is 13.2 Å². The number of amides is 1. The van der Waals surface area contributed by atoms with Crippen molar-refractivity contribution in [3.8, 4) is 6.07 Å². The molecule has 1 aromatic rings. The molecule has 0 bridgehead atoms. The summed E-state index contributed by atoms with van der Waals surface area (Å²) in [6, 6.07) is 8.71. The molecule has 1 aliphatic rings. The first-order valence-electron chi connectivity index (χ1n) is 9.27. The number of nitriles is 1. The van der Waals surface area contributed by atoms with E-state index in [4.69, 9.17) is 0 Å². The van der Waals surface area contributed by atoms with E-state index in [0.29, 0.717) is 26.2 Å². The summed E-state index contributed by atoms with van der Waals surface area (Å²) in [4.78, 5) is 16.1. The lowest BCUT2D eigenvalue weighted by molar-refractivity contribution is -0.125. The molecule has 29 heavy (non-hydrogen) atoms. The minimum absolute atomic E-state index is 0.00328. The summed E-state index contributed by atoms with van der Waals surface area (Å²) in [6.45, 7) is 11.1. The highest BCUT2D eigenvalue weighted by molar-refractivity contribution is 7.89. The maximum absolute atomic E-state index is 12.8. The van der Waals surface area contributed by atoms with Crippen LogP contribution in [0.5, 0.6) is 0 Å². The zero-order valence-electron chi connectivity index (χ0n) is 16.6. The van der Waals surface area contributed by atoms with Crippen LogP contribution in [0.15, 0.2) is 66.2 Å². The lowest BCUT2D eigenvalue weighted by atomic mass is 10.2. The van der Waals surface area contributed by atoms with Gasteiger partial charge in [-0.2, -0.15) is 9.57 Å². The van der Waals surface area contributed by atoms with Crippen LogP contribution in [-0.4, -0.2) is 67.7 Å². The highest BCUT2D eigenvalue weighted by atomic mass is 32.2. The Hall–Kier alpha value is -2.89. The van der Waals surface area contributed by atoms with Crippen molar-refractivity contribution < 1.29 is 13.2 Å². The number of rotatable bonds is 8. The van der Waals surface area contributed by atoms with Crippen molar-refractivity contribution in [3.05, 3.63) is 66.9 Å². The number of nitrogens with zero attached hydrogens (tertiary/aromatic N) is 4. The van der Waals surface area contributed by atoms with Crippen molar-refractivity contribution in [2.45, 2.75) is 11.8 Å². The highest BCUT2D eigenvalue weighted by Crippen LogP contribution is 2.18. The summed E-state index contributed by atoms with van der Waals surface area (Å²) in [6.07, 6.45) is 4.69. The molecule has 8 heteroatoms. The van der Waals surface area contributed by atoms with E-state index < -0.39 is 15.9 Å². The van der Waals surface area contributed by atoms with Crippen LogP contribution in [0.25, 0.3) is 0 Å². The van der Waals surface area contributed by atoms with Crippen molar-refractivity contribution in [2.75, 3.05) is 39.3 Å². The zero-order valence-corrected chi connectivity index (χ0v) is 17.4. The molecule has 0 radical (unpaired) electrons. The third-order valence-corrected chi connectivity index (χ3v) is 6.49. The van der Waals surface area contributed by atoms with E-state index in [0.717, 1.165) is 5.56 Å². The Balaban J connectivity index is 2.08. The second-order valence-corrected chi connectivity index (χ2v) is 8.63. The lowest BCUT2D eigenvalue weighted by Gasteiger charge is -2.33. The van der Waals surface area contributed by atoms with Gasteiger partial charge in [-0.3, -0.25) is 4.79 Å². The molecular weight excluding hydrogens is 388 g/mol. The summed E-state index contributed by atoms with van der Waals surface area (Å²) < 4.78 is 27.0. The third kappa shape index (κ3) is 5.56. The molecular formula is C21H26N4O3S. The second kappa shape index (κ2) is 10.0. The van der Waals surface area contributed by atoms with Gasteiger partial charge in [-0.25, -0.2) is 8.42 Å². The number of piperazine rings is 1. The molecule has 1 amide bonds. The average molecular weight is 415 g/mol. The van der Waals surface area contributed by atoms with E-state index in [1.165, 1.54) is 15.4 Å². The van der Waals surface area contributed by atoms with Crippen LogP contribution in [0.3, 0.4) is 0 Å². The molecule has 1 fully saturated rings. The minimum atomic E-state index is -3.56. The van der Waals surface area contributed by atoms with E-state index in [-0.39, 0.29) is 23.6 Å². The Morgan fingerprint density at radius 1 is 1.14 bits per heavy atom. The van der Waals surface area contributed by atoms with Crippen LogP contribution < -0.4 is 0 Å². The van der Waals surface area contributed by atoms with Gasteiger partial charge in [0.25, 0.3) is 5.91 Å². The first-order valence-corrected chi connectivity index (χ1v) is 10.7. The van der Waals surface area contributed by atoms with Gasteiger partial charge >= 0.3 is 0 Å². The summed E-state index contributed by atoms with van der Waals surface area (Å²) in [5.41, 5.74) is 0.998. The van der Waals surface area contributed by atoms with Crippen LogP contribution in [0.4, 0.5) is 0 Å². The zero-order chi connectivity index (χ0) is 21.4. The standard InChI is InChI=1S/C21H26N4O3S/c1-4-10-24(11-5-2)21(26)19(16-22)17-23-12-14-25(15-13-23)29(27,28)20-8-6-18(3)7-9-20/h4-9,17H,1-2,10-15H2,3H3/b19-17-. The Labute approximate surface area is 172 Å². The largest absolute Gasteiger partial charge is 0.373 e. The van der Waals surface area contributed by atoms with Gasteiger partial charge in [0.05, 0.1) is 4.90 Å². The Morgan fingerprint density at radius 3 is 2.17 bits per heavy atom. The fraction of sp³-hybridized carbons (Fsp3) is 0.333. The minimum Gasteiger partial charge on any atom is -0.373 e. The normalized spacial score (nSPS) is 15.4. The molecule has 1 heterocycles. The Morgan fingerprint density at radius 2 is 1.69 bits per heavy atom. The number of aryl methyl sites for hydroxylation is 1. The van der Waals surface area contributed by atoms with E-state index >= 15 is 0 Å². The predicted molar refractivity (Wildman–Crippen MR) is 112 cm³/mol. The van der Waals surface area contributed by atoms with Gasteiger partial charge in [0, 0.05) is 45.5 Å². The topological polar surface area (TPSA) is 84.7 Å². The van der Waals surface area contributed by atoms with Crippen LogP contribution in [0.2, 0.25) is 0 Å². The first kappa shape index (κ1) is 22.4. The van der Waals surface area contributed by atoms with E-state index in [9.17, 15) is 18.5 Å². The summed E-state index contributed by atoms with van der Waals surface area (Å²) in [5, 5.41) is 9.41. The van der Waals surface area contributed by atoms with E-state index in [1.54, 1.807) is 41.3 Å². The van der Waals surface area contributed by atoms with Gasteiger partial charge in [-0.05, 0) is 19.1 Å². The van der Waals surface area contributed by atoms with Gasteiger partial charge in [-0.15, -0.1) is 13.2 Å². The Bertz CT molecular complexity index is 912. The van der Waals surface area contributed by atoms with Gasteiger partial charge in [-0.1, -0.05) is 29.8 Å². The monoisotopic (exact) mass is 414 g/mol. The lowest BCUT2D eigenvalue weighted by Crippen LogP contribution is -2.47. The molecule has 1 saturated heterocycles. The van der Waals surface area contributed by atoms with Crippen LogP contribution in [-0.2, 0) is 14.8 Å². The van der Waals surface area contributed by atoms with Crippen molar-refractivity contribution >= 4 is 15.9 Å². The smallest absolute Gasteiger partial charge is 0.266 e. The number of carbonyl (C=O) groups excluding carboxylic acids is 1. The molecule has 0 N–H and O–H groups in total. The first-order chi connectivity index (χ1) is 13.8. The quantitative estimate of drug-likeness (QED) is 0.369. The molecule has 2 rings (SSSR count). The fourth-order valence-electron chi connectivity index (χ4n) is 2.97. The van der Waals surface area contributed by atoms with Crippen LogP contribution in [0.1, 0.15) is 5.56 Å². The van der Waals surface area contributed by atoms with Crippen molar-refractivity contribution in [1.82, 2.24) is 14.1 Å². The maximum atomic E-state index is 12.8. The van der Waals surface area contributed by atoms with Crippen molar-refractivity contribution in [1.29, 1.82) is 5.26 Å². The maximum Gasteiger partial charge on any atom is 0.266 e. The summed E-state index contributed by atoms with van der Waals surface area (Å²) in [7, 11) is -3.56. The molecule has 7 nitrogen and oxygen atoms in total. The van der Waals surface area contributed by atoms with Crippen LogP contribution >= 0.6 is 0 Å². The molecule has 0 atom stereocenters. The molecule has 1 aromatic carbocycles. The molecule has 154 valence electrons. The number of benzene rings is 1. The number of sulfonamides is 1. The SMILES string of the molecule is C=CCN(CC=C)C(=O)/C(C#N)=C\N1CCN(S(=O)(=O)c2ccc(C)cc2)CC1. The fourth-order valence-corrected chi connectivity index (χ4v) is 4.39. The number of carbonyl (C=O) groups is 1. The van der Waals surface area contributed by atoms with Gasteiger partial charge < -0.3 is 9.80 Å². The average Bonchev–Trinajstić information content (AvgIpc) is 2.72. The molecule has 0 spiro atoms. The summed E-state index contributed by atoms with van der Waals surface area (Å²) in [5.74, 6) is -0.401. The van der Waals surface area contributed by atoms with Crippen molar-refractivity contribution in [2.24, 2.45) is 0 Å². The highest BCUT2D eigenvalue weighted by Gasteiger charge is 2.28. The summed E-state index contributed by atoms with van der Waals surface area (Å²) >= 11 is 0. The third-order valence-electron chi connectivity index (χ3n) is 4.58. The van der Waals surface area contributed by atoms with Gasteiger partial charge in [0.1, 0.15) is 11.6 Å². The van der Waals surface area contributed by atoms with Crippen molar-refractivity contribution in [3.63, 3.8) is 0 Å². The van der Waals surface area contributed by atoms with Gasteiger partial charge in [0.15, 0.2) is 0 Å². The molecule has 1 aliphatic heterocycles. The Kier molecular flexibility index (Phi) is 7.76. The second-order valence-electron chi connectivity index (χ2n) is 6.70. The van der Waals surface area contributed by atoms with E-state index in [1.807, 2.05) is 13.0 Å². The molecule has 0 aromatic heterocycles.